The zero-order chi connectivity index (χ0) is 13.7. The van der Waals surface area contributed by atoms with Crippen LogP contribution < -0.4 is 5.73 Å². The number of hydrogen-bond donors (Lipinski definition) is 1. The summed E-state index contributed by atoms with van der Waals surface area (Å²) in [6, 6.07) is 16.0. The minimum Gasteiger partial charge on any atom is -0.389 e. The van der Waals surface area contributed by atoms with Crippen LogP contribution >= 0.6 is 0 Å². The van der Waals surface area contributed by atoms with Crippen molar-refractivity contribution in [3.63, 3.8) is 0 Å². The van der Waals surface area contributed by atoms with Gasteiger partial charge in [0.25, 0.3) is 0 Å². The van der Waals surface area contributed by atoms with Crippen molar-refractivity contribution in [1.29, 1.82) is 0 Å². The van der Waals surface area contributed by atoms with Gasteiger partial charge in [0.2, 0.25) is 0 Å². The van der Waals surface area contributed by atoms with Crippen LogP contribution in [0.25, 0.3) is 0 Å². The molecule has 2 aromatic carbocycles. The van der Waals surface area contributed by atoms with Crippen molar-refractivity contribution >= 4 is 5.84 Å². The third-order valence-corrected chi connectivity index (χ3v) is 2.86. The fraction of sp³-hybridized carbons (Fsp3) is 0.188. The van der Waals surface area contributed by atoms with E-state index in [1.807, 2.05) is 55.5 Å². The summed E-state index contributed by atoms with van der Waals surface area (Å²) >= 11 is 0. The summed E-state index contributed by atoms with van der Waals surface area (Å²) in [5, 5.41) is 3.94. The topological polar surface area (TPSA) is 47.6 Å². The van der Waals surface area contributed by atoms with Crippen molar-refractivity contribution < 1.29 is 4.84 Å². The van der Waals surface area contributed by atoms with Crippen molar-refractivity contribution in [2.75, 3.05) is 0 Å². The van der Waals surface area contributed by atoms with Gasteiger partial charge in [0.05, 0.1) is 0 Å². The van der Waals surface area contributed by atoms with E-state index >= 15 is 0 Å². The predicted octanol–water partition coefficient (Wildman–Crippen LogP) is 3.14. The Hall–Kier alpha value is -2.29. The lowest BCUT2D eigenvalue weighted by molar-refractivity contribution is 0.130. The SMILES string of the molecule is Cc1ccc(CO/N=C(\N)c2ccc(C)cc2)cc1. The van der Waals surface area contributed by atoms with E-state index in [0.29, 0.717) is 12.4 Å². The molecule has 2 N–H and O–H groups in total. The van der Waals surface area contributed by atoms with Gasteiger partial charge in [-0.2, -0.15) is 0 Å². The van der Waals surface area contributed by atoms with E-state index in [1.165, 1.54) is 11.1 Å². The number of benzene rings is 2. The Morgan fingerprint density at radius 1 is 0.947 bits per heavy atom. The van der Waals surface area contributed by atoms with Crippen LogP contribution in [0.4, 0.5) is 0 Å². The van der Waals surface area contributed by atoms with Crippen LogP contribution in [0.2, 0.25) is 0 Å². The number of amidine groups is 1. The second-order valence-electron chi connectivity index (χ2n) is 4.60. The smallest absolute Gasteiger partial charge is 0.170 e. The Balaban J connectivity index is 1.95. The summed E-state index contributed by atoms with van der Waals surface area (Å²) in [7, 11) is 0. The molecule has 0 heterocycles. The van der Waals surface area contributed by atoms with Gasteiger partial charge in [0, 0.05) is 5.56 Å². The molecule has 2 aromatic rings. The molecule has 19 heavy (non-hydrogen) atoms. The van der Waals surface area contributed by atoms with Gasteiger partial charge in [0.1, 0.15) is 6.61 Å². The molecular formula is C16H18N2O. The van der Waals surface area contributed by atoms with Crippen LogP contribution in [-0.4, -0.2) is 5.84 Å². The van der Waals surface area contributed by atoms with Gasteiger partial charge in [-0.25, -0.2) is 0 Å². The highest BCUT2D eigenvalue weighted by atomic mass is 16.6. The quantitative estimate of drug-likeness (QED) is 0.517. The number of rotatable bonds is 4. The van der Waals surface area contributed by atoms with Crippen LogP contribution in [0.3, 0.4) is 0 Å². The third kappa shape index (κ3) is 3.85. The lowest BCUT2D eigenvalue weighted by Gasteiger charge is -2.03. The zero-order valence-electron chi connectivity index (χ0n) is 11.3. The first kappa shape index (κ1) is 13.1. The summed E-state index contributed by atoms with van der Waals surface area (Å²) in [4.78, 5) is 5.27. The van der Waals surface area contributed by atoms with E-state index < -0.39 is 0 Å². The number of aryl methyl sites for hydroxylation is 2. The largest absolute Gasteiger partial charge is 0.389 e. The van der Waals surface area contributed by atoms with E-state index in [-0.39, 0.29) is 0 Å². The summed E-state index contributed by atoms with van der Waals surface area (Å²) in [5.74, 6) is 0.395. The highest BCUT2D eigenvalue weighted by Gasteiger charge is 1.98. The van der Waals surface area contributed by atoms with Crippen LogP contribution in [0.15, 0.2) is 53.7 Å². The molecule has 3 heteroatoms. The van der Waals surface area contributed by atoms with E-state index in [4.69, 9.17) is 10.6 Å². The van der Waals surface area contributed by atoms with Crippen molar-refractivity contribution in [2.45, 2.75) is 20.5 Å². The predicted molar refractivity (Wildman–Crippen MR) is 77.9 cm³/mol. The maximum atomic E-state index is 5.86. The molecule has 0 spiro atoms. The lowest BCUT2D eigenvalue weighted by atomic mass is 10.1. The lowest BCUT2D eigenvalue weighted by Crippen LogP contribution is -2.13. The standard InChI is InChI=1S/C16H18N2O/c1-12-3-7-14(8-4-12)11-19-18-16(17)15-9-5-13(2)6-10-15/h3-10H,11H2,1-2H3,(H2,17,18). The van der Waals surface area contributed by atoms with Crippen molar-refractivity contribution in [3.8, 4) is 0 Å². The fourth-order valence-corrected chi connectivity index (χ4v) is 1.64. The number of nitrogens with zero attached hydrogens (tertiary/aromatic N) is 1. The second kappa shape index (κ2) is 6.05. The number of oxime groups is 1. The van der Waals surface area contributed by atoms with Crippen molar-refractivity contribution in [3.05, 3.63) is 70.8 Å². The first-order chi connectivity index (χ1) is 9.15. The van der Waals surface area contributed by atoms with E-state index in [2.05, 4.69) is 12.1 Å². The molecule has 0 fully saturated rings. The Morgan fingerprint density at radius 2 is 1.47 bits per heavy atom. The monoisotopic (exact) mass is 254 g/mol. The molecule has 0 atom stereocenters. The average Bonchev–Trinajstić information content (AvgIpc) is 2.41. The Bertz CT molecular complexity index is 556. The highest BCUT2D eigenvalue weighted by Crippen LogP contribution is 2.06. The average molecular weight is 254 g/mol. The molecule has 0 aliphatic carbocycles. The second-order valence-corrected chi connectivity index (χ2v) is 4.60. The van der Waals surface area contributed by atoms with Crippen molar-refractivity contribution in [2.24, 2.45) is 10.9 Å². The molecule has 0 saturated carbocycles. The Labute approximate surface area is 113 Å². The van der Waals surface area contributed by atoms with E-state index in [1.54, 1.807) is 0 Å². The Morgan fingerprint density at radius 3 is 2.05 bits per heavy atom. The summed E-state index contributed by atoms with van der Waals surface area (Å²) in [6.45, 7) is 4.51. The maximum absolute atomic E-state index is 5.86. The maximum Gasteiger partial charge on any atom is 0.170 e. The van der Waals surface area contributed by atoms with Crippen molar-refractivity contribution in [1.82, 2.24) is 0 Å². The highest BCUT2D eigenvalue weighted by molar-refractivity contribution is 5.97. The summed E-state index contributed by atoms with van der Waals surface area (Å²) < 4.78 is 0. The fourth-order valence-electron chi connectivity index (χ4n) is 1.64. The number of hydrogen-bond acceptors (Lipinski definition) is 2. The summed E-state index contributed by atoms with van der Waals surface area (Å²) in [6.07, 6.45) is 0. The molecule has 3 nitrogen and oxygen atoms in total. The van der Waals surface area contributed by atoms with Gasteiger partial charge in [-0.1, -0.05) is 64.8 Å². The molecule has 98 valence electrons. The van der Waals surface area contributed by atoms with Crippen LogP contribution in [-0.2, 0) is 11.4 Å². The van der Waals surface area contributed by atoms with Gasteiger partial charge in [-0.15, -0.1) is 0 Å². The molecule has 2 rings (SSSR count). The third-order valence-electron chi connectivity index (χ3n) is 2.86. The normalized spacial score (nSPS) is 11.4. The molecule has 0 saturated heterocycles. The summed E-state index contributed by atoms with van der Waals surface area (Å²) in [5.41, 5.74) is 10.2. The molecule has 0 aromatic heterocycles. The van der Waals surface area contributed by atoms with Gasteiger partial charge in [0.15, 0.2) is 5.84 Å². The van der Waals surface area contributed by atoms with Gasteiger partial charge in [-0.05, 0) is 19.4 Å². The minimum absolute atomic E-state index is 0.395. The minimum atomic E-state index is 0.395. The first-order valence-corrected chi connectivity index (χ1v) is 6.23. The van der Waals surface area contributed by atoms with Gasteiger partial charge >= 0.3 is 0 Å². The molecular weight excluding hydrogens is 236 g/mol. The zero-order valence-corrected chi connectivity index (χ0v) is 11.3. The molecule has 0 aliphatic heterocycles. The number of nitrogens with two attached hydrogens (primary N) is 1. The molecule has 0 radical (unpaired) electrons. The van der Waals surface area contributed by atoms with Crippen LogP contribution in [0.1, 0.15) is 22.3 Å². The van der Waals surface area contributed by atoms with Crippen LogP contribution in [0.5, 0.6) is 0 Å². The Kier molecular flexibility index (Phi) is 4.18. The van der Waals surface area contributed by atoms with E-state index in [9.17, 15) is 0 Å². The van der Waals surface area contributed by atoms with Crippen LogP contribution in [0, 0.1) is 13.8 Å². The van der Waals surface area contributed by atoms with E-state index in [0.717, 1.165) is 11.1 Å². The molecule has 0 bridgehead atoms. The van der Waals surface area contributed by atoms with Gasteiger partial charge < -0.3 is 10.6 Å². The molecule has 0 amide bonds. The van der Waals surface area contributed by atoms with Gasteiger partial charge in [-0.3, -0.25) is 0 Å². The molecule has 0 aliphatic rings. The molecule has 0 unspecified atom stereocenters. The first-order valence-electron chi connectivity index (χ1n) is 6.23.